The van der Waals surface area contributed by atoms with Crippen molar-refractivity contribution in [3.8, 4) is 5.75 Å². The minimum absolute atomic E-state index is 0.00640. The van der Waals surface area contributed by atoms with Crippen molar-refractivity contribution in [3.05, 3.63) is 29.8 Å². The Balaban J connectivity index is 1.61. The summed E-state index contributed by atoms with van der Waals surface area (Å²) >= 11 is 0. The highest BCUT2D eigenvalue weighted by atomic mass is 16.5. The van der Waals surface area contributed by atoms with E-state index in [0.29, 0.717) is 12.5 Å². The normalized spacial score (nSPS) is 22.3. The van der Waals surface area contributed by atoms with Gasteiger partial charge in [0.05, 0.1) is 12.6 Å². The van der Waals surface area contributed by atoms with Crippen LogP contribution in [0.25, 0.3) is 0 Å². The lowest BCUT2D eigenvalue weighted by molar-refractivity contribution is 0.133. The lowest BCUT2D eigenvalue weighted by Gasteiger charge is -2.33. The molecule has 0 aromatic heterocycles. The molecule has 3 rings (SSSR count). The van der Waals surface area contributed by atoms with Gasteiger partial charge in [0.15, 0.2) is 0 Å². The molecule has 2 aliphatic rings. The minimum Gasteiger partial charge on any atom is -0.493 e. The number of nitrogens with one attached hydrogen (secondary N) is 1. The van der Waals surface area contributed by atoms with Gasteiger partial charge in [-0.2, -0.15) is 0 Å². The third-order valence-corrected chi connectivity index (χ3v) is 4.42. The maximum atomic E-state index is 12.4. The number of aliphatic hydroxyl groups excluding tert-OH is 1. The number of para-hydroxylation sites is 1. The Kier molecular flexibility index (Phi) is 4.29. The van der Waals surface area contributed by atoms with Gasteiger partial charge in [0, 0.05) is 31.7 Å². The highest BCUT2D eigenvalue weighted by molar-refractivity contribution is 5.75. The highest BCUT2D eigenvalue weighted by Gasteiger charge is 2.27. The molecule has 0 saturated carbocycles. The number of ether oxygens (including phenoxy) is 1. The van der Waals surface area contributed by atoms with Crippen LogP contribution >= 0.6 is 0 Å². The van der Waals surface area contributed by atoms with Gasteiger partial charge in [-0.25, -0.2) is 4.79 Å². The Morgan fingerprint density at radius 3 is 2.81 bits per heavy atom. The molecule has 2 amide bonds. The van der Waals surface area contributed by atoms with E-state index in [-0.39, 0.29) is 18.7 Å². The molecular weight excluding hydrogens is 268 g/mol. The zero-order valence-corrected chi connectivity index (χ0v) is 12.1. The molecule has 1 aromatic rings. The van der Waals surface area contributed by atoms with Crippen molar-refractivity contribution < 1.29 is 14.6 Å². The molecule has 2 heterocycles. The van der Waals surface area contributed by atoms with E-state index in [0.717, 1.165) is 43.7 Å². The summed E-state index contributed by atoms with van der Waals surface area (Å²) in [6.07, 6.45) is 2.57. The molecule has 5 heteroatoms. The molecule has 2 aliphatic heterocycles. The summed E-state index contributed by atoms with van der Waals surface area (Å²) in [5.41, 5.74) is 1.06. The Hall–Kier alpha value is -1.75. The van der Waals surface area contributed by atoms with Crippen LogP contribution in [0.5, 0.6) is 5.75 Å². The number of hydrogen-bond acceptors (Lipinski definition) is 3. The van der Waals surface area contributed by atoms with Crippen molar-refractivity contribution in [3.63, 3.8) is 0 Å². The molecule has 0 aliphatic carbocycles. The fourth-order valence-corrected chi connectivity index (χ4v) is 3.05. The van der Waals surface area contributed by atoms with Gasteiger partial charge in [0.2, 0.25) is 0 Å². The fourth-order valence-electron chi connectivity index (χ4n) is 3.05. The van der Waals surface area contributed by atoms with E-state index < -0.39 is 0 Å². The maximum absolute atomic E-state index is 12.4. The average Bonchev–Trinajstić information content (AvgIpc) is 2.55. The van der Waals surface area contributed by atoms with Crippen molar-refractivity contribution in [2.45, 2.75) is 25.3 Å². The number of fused-ring (bicyclic) bond motifs is 1. The van der Waals surface area contributed by atoms with Gasteiger partial charge in [0.25, 0.3) is 0 Å². The first-order valence-electron chi connectivity index (χ1n) is 7.66. The molecule has 1 atom stereocenters. The van der Waals surface area contributed by atoms with E-state index >= 15 is 0 Å². The van der Waals surface area contributed by atoms with Crippen molar-refractivity contribution in [1.82, 2.24) is 10.2 Å². The second-order valence-corrected chi connectivity index (χ2v) is 5.79. The summed E-state index contributed by atoms with van der Waals surface area (Å²) < 4.78 is 5.62. The standard InChI is InChI=1S/C16H22N2O3/c19-11-12-5-8-18(9-6-12)16(20)17-14-7-10-21-15-4-2-1-3-13(14)15/h1-4,12,14,19H,5-11H2,(H,17,20). The van der Waals surface area contributed by atoms with E-state index in [2.05, 4.69) is 5.32 Å². The first-order valence-corrected chi connectivity index (χ1v) is 7.66. The molecule has 21 heavy (non-hydrogen) atoms. The third kappa shape index (κ3) is 3.13. The summed E-state index contributed by atoms with van der Waals surface area (Å²) in [4.78, 5) is 14.2. The van der Waals surface area contributed by atoms with Gasteiger partial charge >= 0.3 is 6.03 Å². The number of benzene rings is 1. The molecule has 114 valence electrons. The van der Waals surface area contributed by atoms with Gasteiger partial charge in [-0.1, -0.05) is 18.2 Å². The fraction of sp³-hybridized carbons (Fsp3) is 0.562. The zero-order valence-electron chi connectivity index (χ0n) is 12.1. The molecule has 0 bridgehead atoms. The van der Waals surface area contributed by atoms with E-state index in [1.54, 1.807) is 0 Å². The number of rotatable bonds is 2. The largest absolute Gasteiger partial charge is 0.493 e. The van der Waals surface area contributed by atoms with Crippen LogP contribution in [0.3, 0.4) is 0 Å². The van der Waals surface area contributed by atoms with Gasteiger partial charge in [0.1, 0.15) is 5.75 Å². The minimum atomic E-state index is -0.00640. The van der Waals surface area contributed by atoms with E-state index in [9.17, 15) is 4.79 Å². The first kappa shape index (κ1) is 14.2. The van der Waals surface area contributed by atoms with Crippen LogP contribution in [0.1, 0.15) is 30.9 Å². The van der Waals surface area contributed by atoms with E-state index in [4.69, 9.17) is 9.84 Å². The molecule has 1 fully saturated rings. The topological polar surface area (TPSA) is 61.8 Å². The van der Waals surface area contributed by atoms with Crippen molar-refractivity contribution in [2.24, 2.45) is 5.92 Å². The number of urea groups is 1. The molecule has 1 saturated heterocycles. The second kappa shape index (κ2) is 6.35. The predicted octanol–water partition coefficient (Wildman–Crippen LogP) is 1.92. The van der Waals surface area contributed by atoms with Gasteiger partial charge in [-0.05, 0) is 24.8 Å². The molecule has 0 spiro atoms. The zero-order chi connectivity index (χ0) is 14.7. The molecule has 0 radical (unpaired) electrons. The van der Waals surface area contributed by atoms with Gasteiger partial charge in [-0.15, -0.1) is 0 Å². The third-order valence-electron chi connectivity index (χ3n) is 4.42. The second-order valence-electron chi connectivity index (χ2n) is 5.79. The molecule has 5 nitrogen and oxygen atoms in total. The number of likely N-dealkylation sites (tertiary alicyclic amines) is 1. The van der Waals surface area contributed by atoms with E-state index in [1.807, 2.05) is 29.2 Å². The summed E-state index contributed by atoms with van der Waals surface area (Å²) in [6.45, 7) is 2.31. The van der Waals surface area contributed by atoms with Crippen LogP contribution in [0, 0.1) is 5.92 Å². The number of carbonyl (C=O) groups is 1. The number of aliphatic hydroxyl groups is 1. The van der Waals surface area contributed by atoms with Crippen LogP contribution < -0.4 is 10.1 Å². The Morgan fingerprint density at radius 1 is 1.29 bits per heavy atom. The number of hydrogen-bond donors (Lipinski definition) is 2. The SMILES string of the molecule is O=C(NC1CCOc2ccccc21)N1CCC(CO)CC1. The monoisotopic (exact) mass is 290 g/mol. The Labute approximate surface area is 124 Å². The summed E-state index contributed by atoms with van der Waals surface area (Å²) in [5.74, 6) is 1.21. The molecule has 1 aromatic carbocycles. The lowest BCUT2D eigenvalue weighted by atomic mass is 9.98. The number of piperidine rings is 1. The molecule has 1 unspecified atom stereocenters. The summed E-state index contributed by atoms with van der Waals surface area (Å²) in [7, 11) is 0. The summed E-state index contributed by atoms with van der Waals surface area (Å²) in [5, 5.41) is 12.3. The van der Waals surface area contributed by atoms with Crippen LogP contribution in [-0.4, -0.2) is 42.3 Å². The Bertz CT molecular complexity index is 498. The van der Waals surface area contributed by atoms with Gasteiger partial charge in [-0.3, -0.25) is 0 Å². The first-order chi connectivity index (χ1) is 10.3. The summed E-state index contributed by atoms with van der Waals surface area (Å²) in [6, 6.07) is 7.89. The van der Waals surface area contributed by atoms with Crippen LogP contribution in [0.15, 0.2) is 24.3 Å². The van der Waals surface area contributed by atoms with Crippen LogP contribution in [0.4, 0.5) is 4.79 Å². The maximum Gasteiger partial charge on any atom is 0.317 e. The average molecular weight is 290 g/mol. The van der Waals surface area contributed by atoms with Crippen molar-refractivity contribution in [2.75, 3.05) is 26.3 Å². The highest BCUT2D eigenvalue weighted by Crippen LogP contribution is 2.31. The predicted molar refractivity (Wildman–Crippen MR) is 79.2 cm³/mol. The Morgan fingerprint density at radius 2 is 2.05 bits per heavy atom. The van der Waals surface area contributed by atoms with E-state index in [1.165, 1.54) is 0 Å². The number of carbonyl (C=O) groups excluding carboxylic acids is 1. The lowest BCUT2D eigenvalue weighted by Crippen LogP contribution is -2.46. The van der Waals surface area contributed by atoms with Gasteiger partial charge < -0.3 is 20.1 Å². The molecule has 2 N–H and O–H groups in total. The number of amides is 2. The van der Waals surface area contributed by atoms with Crippen LogP contribution in [-0.2, 0) is 0 Å². The van der Waals surface area contributed by atoms with Crippen molar-refractivity contribution in [1.29, 1.82) is 0 Å². The van der Waals surface area contributed by atoms with Crippen molar-refractivity contribution >= 4 is 6.03 Å². The van der Waals surface area contributed by atoms with Crippen LogP contribution in [0.2, 0.25) is 0 Å². The molecular formula is C16H22N2O3. The number of nitrogens with zero attached hydrogens (tertiary/aromatic N) is 1. The quantitative estimate of drug-likeness (QED) is 0.875. The smallest absolute Gasteiger partial charge is 0.317 e.